The van der Waals surface area contributed by atoms with E-state index in [4.69, 9.17) is 10.9 Å². The van der Waals surface area contributed by atoms with Crippen molar-refractivity contribution in [1.82, 2.24) is 20.6 Å². The lowest BCUT2D eigenvalue weighted by Gasteiger charge is -2.34. The summed E-state index contributed by atoms with van der Waals surface area (Å²) >= 11 is 0. The number of primary amides is 1. The summed E-state index contributed by atoms with van der Waals surface area (Å²) in [5, 5.41) is 18.2. The number of anilines is 1. The molecule has 1 aliphatic rings. The zero-order valence-corrected chi connectivity index (χ0v) is 15.7. The maximum atomic E-state index is 14.1. The maximum absolute atomic E-state index is 14.1. The molecule has 5 N–H and O–H groups in total. The number of piperidine rings is 1. The second kappa shape index (κ2) is 7.05. The van der Waals surface area contributed by atoms with Crippen molar-refractivity contribution in [3.8, 4) is 11.4 Å². The van der Waals surface area contributed by atoms with Gasteiger partial charge in [-0.15, -0.1) is 5.10 Å². The summed E-state index contributed by atoms with van der Waals surface area (Å²) in [7, 11) is -4.56. The fourth-order valence-electron chi connectivity index (χ4n) is 3.38. The predicted molar refractivity (Wildman–Crippen MR) is 94.7 cm³/mol. The molecule has 1 saturated heterocycles. The van der Waals surface area contributed by atoms with Crippen LogP contribution in [0.25, 0.3) is 11.4 Å². The third-order valence-corrected chi connectivity index (χ3v) is 5.71. The molecule has 1 amide bonds. The van der Waals surface area contributed by atoms with Crippen molar-refractivity contribution in [2.75, 3.05) is 18.0 Å². The van der Waals surface area contributed by atoms with E-state index in [1.165, 1.54) is 6.07 Å². The number of H-pyrrole nitrogens is 1. The zero-order valence-electron chi connectivity index (χ0n) is 14.9. The standard InChI is InChI=1S/C15H19F2N7O3S/c1-15(16,17)9-2-3-10(24-6-4-8(5-7-24)13(18)25)11(12(9)28(19,26)27)14-20-22-23-21-14/h2-3,8H,4-7H2,1H3,(H2,18,25)(H2,19,26,27)(H,20,21,22,23). The molecule has 2 heterocycles. The van der Waals surface area contributed by atoms with Gasteiger partial charge in [-0.05, 0) is 35.4 Å². The molecule has 152 valence electrons. The van der Waals surface area contributed by atoms with Gasteiger partial charge in [0.25, 0.3) is 5.92 Å². The Morgan fingerprint density at radius 2 is 1.96 bits per heavy atom. The molecule has 1 aliphatic heterocycles. The van der Waals surface area contributed by atoms with Crippen molar-refractivity contribution >= 4 is 21.6 Å². The number of nitrogens with one attached hydrogen (secondary N) is 1. The summed E-state index contributed by atoms with van der Waals surface area (Å²) in [6.45, 7) is 1.32. The Bertz CT molecular complexity index is 982. The molecule has 0 atom stereocenters. The number of halogens is 2. The second-order valence-corrected chi connectivity index (χ2v) is 8.18. The Kier molecular flexibility index (Phi) is 5.06. The van der Waals surface area contributed by atoms with Crippen molar-refractivity contribution in [3.05, 3.63) is 17.7 Å². The quantitative estimate of drug-likeness (QED) is 0.634. The van der Waals surface area contributed by atoms with Gasteiger partial charge in [-0.3, -0.25) is 4.79 Å². The molecule has 0 saturated carbocycles. The Morgan fingerprint density at radius 1 is 1.32 bits per heavy atom. The largest absolute Gasteiger partial charge is 0.371 e. The van der Waals surface area contributed by atoms with Crippen LogP contribution in [0.4, 0.5) is 14.5 Å². The lowest BCUT2D eigenvalue weighted by Crippen LogP contribution is -2.39. The third kappa shape index (κ3) is 3.80. The van der Waals surface area contributed by atoms with Gasteiger partial charge >= 0.3 is 0 Å². The van der Waals surface area contributed by atoms with Gasteiger partial charge in [0.1, 0.15) is 4.90 Å². The van der Waals surface area contributed by atoms with E-state index in [-0.39, 0.29) is 17.3 Å². The third-order valence-electron chi connectivity index (χ3n) is 4.71. The topological polar surface area (TPSA) is 161 Å². The van der Waals surface area contributed by atoms with Crippen molar-refractivity contribution in [2.24, 2.45) is 16.8 Å². The van der Waals surface area contributed by atoms with Crippen LogP contribution in [-0.4, -0.2) is 48.0 Å². The van der Waals surface area contributed by atoms with E-state index in [1.54, 1.807) is 4.90 Å². The summed E-state index contributed by atoms with van der Waals surface area (Å²) in [5.74, 6) is -4.29. The number of hydrogen-bond acceptors (Lipinski definition) is 7. The highest BCUT2D eigenvalue weighted by Gasteiger charge is 2.37. The zero-order chi connectivity index (χ0) is 20.7. The number of alkyl halides is 2. The number of nitrogens with two attached hydrogens (primary N) is 2. The smallest absolute Gasteiger partial charge is 0.271 e. The number of aromatic amines is 1. The molecule has 0 aliphatic carbocycles. The number of nitrogens with zero attached hydrogens (tertiary/aromatic N) is 4. The number of carbonyl (C=O) groups excluding carboxylic acids is 1. The number of tetrazole rings is 1. The summed E-state index contributed by atoms with van der Waals surface area (Å²) < 4.78 is 52.8. The molecular formula is C15H19F2N7O3S. The minimum absolute atomic E-state index is 0.109. The fraction of sp³-hybridized carbons (Fsp3) is 0.467. The Balaban J connectivity index is 2.21. The van der Waals surface area contributed by atoms with Crippen LogP contribution in [0.3, 0.4) is 0 Å². The lowest BCUT2D eigenvalue weighted by atomic mass is 9.94. The SMILES string of the molecule is CC(F)(F)c1ccc(N2CCC(C(N)=O)CC2)c(-c2nnn[nH]2)c1S(N)(=O)=O. The van der Waals surface area contributed by atoms with Gasteiger partial charge in [-0.25, -0.2) is 27.4 Å². The number of hydrogen-bond donors (Lipinski definition) is 3. The molecule has 0 radical (unpaired) electrons. The molecule has 1 fully saturated rings. The van der Waals surface area contributed by atoms with E-state index < -0.39 is 32.3 Å². The van der Waals surface area contributed by atoms with Gasteiger partial charge in [0.2, 0.25) is 15.9 Å². The molecule has 0 bridgehead atoms. The summed E-state index contributed by atoms with van der Waals surface area (Å²) in [4.78, 5) is 12.4. The number of aromatic nitrogens is 4. The monoisotopic (exact) mass is 415 g/mol. The van der Waals surface area contributed by atoms with Crippen molar-refractivity contribution in [3.63, 3.8) is 0 Å². The number of rotatable bonds is 5. The van der Waals surface area contributed by atoms with Gasteiger partial charge in [-0.1, -0.05) is 0 Å². The van der Waals surface area contributed by atoms with Crippen LogP contribution >= 0.6 is 0 Å². The molecule has 13 heteroatoms. The Morgan fingerprint density at radius 3 is 2.43 bits per heavy atom. The highest BCUT2D eigenvalue weighted by molar-refractivity contribution is 7.89. The molecule has 1 aromatic heterocycles. The number of carbonyl (C=O) groups is 1. The highest BCUT2D eigenvalue weighted by Crippen LogP contribution is 2.42. The molecule has 0 unspecified atom stereocenters. The van der Waals surface area contributed by atoms with Crippen molar-refractivity contribution < 1.29 is 22.0 Å². The minimum Gasteiger partial charge on any atom is -0.371 e. The average Bonchev–Trinajstić information content (AvgIpc) is 3.13. The first-order valence-corrected chi connectivity index (χ1v) is 9.91. The first-order valence-electron chi connectivity index (χ1n) is 8.36. The summed E-state index contributed by atoms with van der Waals surface area (Å²) in [5.41, 5.74) is 4.77. The maximum Gasteiger partial charge on any atom is 0.271 e. The van der Waals surface area contributed by atoms with Crippen LogP contribution in [0, 0.1) is 5.92 Å². The molecule has 3 rings (SSSR count). The predicted octanol–water partition coefficient (Wildman–Crippen LogP) is 0.328. The number of primary sulfonamides is 1. The first-order chi connectivity index (χ1) is 13.0. The minimum atomic E-state index is -4.56. The molecule has 28 heavy (non-hydrogen) atoms. The number of sulfonamides is 1. The van der Waals surface area contributed by atoms with Crippen LogP contribution in [0.1, 0.15) is 25.3 Å². The average molecular weight is 415 g/mol. The van der Waals surface area contributed by atoms with Crippen molar-refractivity contribution in [2.45, 2.75) is 30.6 Å². The molecule has 2 aromatic rings. The Hall–Kier alpha value is -2.67. The van der Waals surface area contributed by atoms with E-state index in [0.29, 0.717) is 38.5 Å². The van der Waals surface area contributed by atoms with Gasteiger partial charge < -0.3 is 10.6 Å². The fourth-order valence-corrected chi connectivity index (χ4v) is 4.42. The van der Waals surface area contributed by atoms with E-state index in [2.05, 4.69) is 20.6 Å². The van der Waals surface area contributed by atoms with Gasteiger partial charge in [0.15, 0.2) is 5.82 Å². The molecular weight excluding hydrogens is 396 g/mol. The lowest BCUT2D eigenvalue weighted by molar-refractivity contribution is -0.122. The van der Waals surface area contributed by atoms with Gasteiger partial charge in [0.05, 0.1) is 5.56 Å². The van der Waals surface area contributed by atoms with Crippen LogP contribution in [0.2, 0.25) is 0 Å². The van der Waals surface area contributed by atoms with Crippen LogP contribution in [0.5, 0.6) is 0 Å². The van der Waals surface area contributed by atoms with Crippen LogP contribution in [-0.2, 0) is 20.7 Å². The van der Waals surface area contributed by atoms with Crippen molar-refractivity contribution in [1.29, 1.82) is 0 Å². The molecule has 10 nitrogen and oxygen atoms in total. The second-order valence-electron chi connectivity index (χ2n) is 6.68. The van der Waals surface area contributed by atoms with Gasteiger partial charge in [0, 0.05) is 37.2 Å². The van der Waals surface area contributed by atoms with Gasteiger partial charge in [-0.2, -0.15) is 0 Å². The first kappa shape index (κ1) is 20.1. The molecule has 1 aromatic carbocycles. The van der Waals surface area contributed by atoms with E-state index >= 15 is 0 Å². The van der Waals surface area contributed by atoms with E-state index in [0.717, 1.165) is 6.07 Å². The highest BCUT2D eigenvalue weighted by atomic mass is 32.2. The Labute approximate surface area is 159 Å². The number of benzene rings is 1. The number of amides is 1. The molecule has 0 spiro atoms. The van der Waals surface area contributed by atoms with E-state index in [9.17, 15) is 22.0 Å². The van der Waals surface area contributed by atoms with E-state index in [1.807, 2.05) is 0 Å². The normalized spacial score (nSPS) is 16.4. The van der Waals surface area contributed by atoms with Crippen LogP contribution < -0.4 is 15.8 Å². The summed E-state index contributed by atoms with van der Waals surface area (Å²) in [6.07, 6.45) is 0.889. The van der Waals surface area contributed by atoms with Crippen LogP contribution in [0.15, 0.2) is 17.0 Å². The summed E-state index contributed by atoms with van der Waals surface area (Å²) in [6, 6.07) is 2.41.